The van der Waals surface area contributed by atoms with Gasteiger partial charge in [-0.15, -0.1) is 0 Å². The van der Waals surface area contributed by atoms with Crippen molar-refractivity contribution in [1.29, 1.82) is 0 Å². The highest BCUT2D eigenvalue weighted by Crippen LogP contribution is 2.26. The molecule has 3 amide bonds. The number of quaternary nitrogens is 1. The highest BCUT2D eigenvalue weighted by Gasteiger charge is 2.38. The summed E-state index contributed by atoms with van der Waals surface area (Å²) in [6.07, 6.45) is 3.06. The van der Waals surface area contributed by atoms with Crippen LogP contribution in [0.4, 0.5) is 4.79 Å². The number of carbonyl (C=O) groups is 2. The first kappa shape index (κ1) is 19.4. The molecule has 0 saturated carbocycles. The number of rotatable bonds is 4. The normalized spacial score (nSPS) is 22.2. The summed E-state index contributed by atoms with van der Waals surface area (Å²) < 4.78 is 27.6. The van der Waals surface area contributed by atoms with Gasteiger partial charge in [-0.1, -0.05) is 6.07 Å². The molecule has 2 saturated heterocycles. The maximum Gasteiger partial charge on any atom is 0.324 e. The number of nitrogens with zero attached hydrogens (tertiary/aromatic N) is 2. The van der Waals surface area contributed by atoms with E-state index < -0.39 is 10.0 Å². The van der Waals surface area contributed by atoms with Gasteiger partial charge in [0, 0.05) is 13.1 Å². The summed E-state index contributed by atoms with van der Waals surface area (Å²) in [7, 11) is -3.52. The zero-order valence-electron chi connectivity index (χ0n) is 16.1. The van der Waals surface area contributed by atoms with Gasteiger partial charge < -0.3 is 10.2 Å². The zero-order chi connectivity index (χ0) is 19.9. The van der Waals surface area contributed by atoms with E-state index in [2.05, 4.69) is 5.32 Å². The van der Waals surface area contributed by atoms with Gasteiger partial charge in [0.05, 0.1) is 31.1 Å². The van der Waals surface area contributed by atoms with Gasteiger partial charge >= 0.3 is 6.03 Å². The Labute approximate surface area is 165 Å². The molecule has 1 aliphatic carbocycles. The van der Waals surface area contributed by atoms with E-state index in [9.17, 15) is 18.0 Å². The van der Waals surface area contributed by atoms with Crippen molar-refractivity contribution in [2.24, 2.45) is 0 Å². The molecular formula is C19H27N4O4S+. The first-order chi connectivity index (χ1) is 13.4. The molecule has 2 heterocycles. The third-order valence-electron chi connectivity index (χ3n) is 6.18. The fraction of sp³-hybridized carbons (Fsp3) is 0.579. The molecule has 2 N–H and O–H groups in total. The van der Waals surface area contributed by atoms with Crippen molar-refractivity contribution < 1.29 is 22.9 Å². The molecule has 9 heteroatoms. The van der Waals surface area contributed by atoms with Crippen LogP contribution in [0.25, 0.3) is 0 Å². The lowest BCUT2D eigenvalue weighted by Crippen LogP contribution is -3.19. The van der Waals surface area contributed by atoms with E-state index in [-0.39, 0.29) is 18.0 Å². The molecule has 1 atom stereocenters. The molecule has 0 spiro atoms. The minimum Gasteiger partial charge on any atom is -0.336 e. The molecule has 0 bridgehead atoms. The van der Waals surface area contributed by atoms with Crippen LogP contribution in [0.2, 0.25) is 0 Å². The molecule has 3 aliphatic rings. The van der Waals surface area contributed by atoms with Crippen molar-refractivity contribution >= 4 is 22.0 Å². The van der Waals surface area contributed by atoms with Crippen LogP contribution in [-0.2, 0) is 27.7 Å². The summed E-state index contributed by atoms with van der Waals surface area (Å²) in [6.45, 7) is 4.54. The summed E-state index contributed by atoms with van der Waals surface area (Å²) in [5.74, 6) is -0.195. The third kappa shape index (κ3) is 3.42. The zero-order valence-corrected chi connectivity index (χ0v) is 16.9. The van der Waals surface area contributed by atoms with Crippen LogP contribution in [0.15, 0.2) is 23.1 Å². The van der Waals surface area contributed by atoms with E-state index in [1.165, 1.54) is 14.8 Å². The monoisotopic (exact) mass is 407 g/mol. The Morgan fingerprint density at radius 3 is 2.54 bits per heavy atom. The SMILES string of the molecule is C[C@@H](C(=O)N1CCNC1=O)[NH+]1CCN(S(=O)(=O)c2ccc3c(c2)CCC3)CC1. The minimum absolute atomic E-state index is 0.195. The van der Waals surface area contributed by atoms with Gasteiger partial charge in [0.15, 0.2) is 6.04 Å². The maximum absolute atomic E-state index is 13.0. The lowest BCUT2D eigenvalue weighted by molar-refractivity contribution is -0.917. The van der Waals surface area contributed by atoms with E-state index in [0.29, 0.717) is 44.2 Å². The fourth-order valence-electron chi connectivity index (χ4n) is 4.39. The molecule has 1 aromatic rings. The van der Waals surface area contributed by atoms with E-state index in [1.807, 2.05) is 19.1 Å². The maximum atomic E-state index is 13.0. The van der Waals surface area contributed by atoms with Crippen molar-refractivity contribution in [3.63, 3.8) is 0 Å². The number of amides is 3. The highest BCUT2D eigenvalue weighted by molar-refractivity contribution is 7.89. The lowest BCUT2D eigenvalue weighted by Gasteiger charge is -2.34. The van der Waals surface area contributed by atoms with Crippen LogP contribution in [0.1, 0.15) is 24.5 Å². The lowest BCUT2D eigenvalue weighted by atomic mass is 10.1. The van der Waals surface area contributed by atoms with Crippen molar-refractivity contribution in [2.75, 3.05) is 39.3 Å². The first-order valence-electron chi connectivity index (χ1n) is 9.93. The number of hydrogen-bond donors (Lipinski definition) is 2. The number of urea groups is 1. The summed E-state index contributed by atoms with van der Waals surface area (Å²) in [5, 5.41) is 2.64. The van der Waals surface area contributed by atoms with Gasteiger partial charge in [-0.2, -0.15) is 4.31 Å². The van der Waals surface area contributed by atoms with Gasteiger partial charge in [-0.05, 0) is 49.4 Å². The molecule has 2 fully saturated rings. The quantitative estimate of drug-likeness (QED) is 0.670. The topological polar surface area (TPSA) is 91.2 Å². The molecule has 8 nitrogen and oxygen atoms in total. The van der Waals surface area contributed by atoms with Gasteiger partial charge in [0.2, 0.25) is 10.0 Å². The first-order valence-corrected chi connectivity index (χ1v) is 11.4. The Morgan fingerprint density at radius 1 is 1.14 bits per heavy atom. The van der Waals surface area contributed by atoms with Crippen LogP contribution in [0.5, 0.6) is 0 Å². The number of nitrogens with one attached hydrogen (secondary N) is 2. The Hall–Kier alpha value is -1.97. The molecule has 152 valence electrons. The second-order valence-electron chi connectivity index (χ2n) is 7.79. The van der Waals surface area contributed by atoms with Gasteiger partial charge in [0.25, 0.3) is 5.91 Å². The standard InChI is InChI=1S/C19H26N4O4S/c1-14(18(24)23-8-7-20-19(23)25)21-9-11-22(12-10-21)28(26,27)17-6-5-15-3-2-4-16(15)13-17/h5-6,13-14H,2-4,7-12H2,1H3,(H,20,25)/p+1/t14-/m0/s1. The van der Waals surface area contributed by atoms with Gasteiger partial charge in [0.1, 0.15) is 0 Å². The summed E-state index contributed by atoms with van der Waals surface area (Å²) in [5.41, 5.74) is 2.40. The number of aryl methyl sites for hydroxylation is 2. The molecule has 2 aliphatic heterocycles. The molecular weight excluding hydrogens is 380 g/mol. The predicted molar refractivity (Wildman–Crippen MR) is 102 cm³/mol. The van der Waals surface area contributed by atoms with Crippen LogP contribution >= 0.6 is 0 Å². The Morgan fingerprint density at radius 2 is 1.86 bits per heavy atom. The Balaban J connectivity index is 1.40. The number of fused-ring (bicyclic) bond motifs is 1. The van der Waals surface area contributed by atoms with Crippen LogP contribution < -0.4 is 10.2 Å². The molecule has 28 heavy (non-hydrogen) atoms. The van der Waals surface area contributed by atoms with Crippen LogP contribution in [0, 0.1) is 0 Å². The van der Waals surface area contributed by atoms with Crippen molar-refractivity contribution in [2.45, 2.75) is 37.1 Å². The van der Waals surface area contributed by atoms with Crippen molar-refractivity contribution in [3.05, 3.63) is 29.3 Å². The van der Waals surface area contributed by atoms with E-state index in [4.69, 9.17) is 0 Å². The number of carbonyl (C=O) groups excluding carboxylic acids is 2. The number of hydrogen-bond acceptors (Lipinski definition) is 4. The van der Waals surface area contributed by atoms with Crippen LogP contribution in [0.3, 0.4) is 0 Å². The molecule has 0 radical (unpaired) electrons. The summed E-state index contributed by atoms with van der Waals surface area (Å²) in [6, 6.07) is 4.78. The predicted octanol–water partition coefficient (Wildman–Crippen LogP) is -0.995. The Bertz CT molecular complexity index is 893. The average molecular weight is 408 g/mol. The minimum atomic E-state index is -3.52. The van der Waals surface area contributed by atoms with E-state index in [0.717, 1.165) is 29.7 Å². The average Bonchev–Trinajstić information content (AvgIpc) is 3.35. The summed E-state index contributed by atoms with van der Waals surface area (Å²) in [4.78, 5) is 26.9. The number of imide groups is 1. The highest BCUT2D eigenvalue weighted by atomic mass is 32.2. The fourth-order valence-corrected chi connectivity index (χ4v) is 5.89. The van der Waals surface area contributed by atoms with Crippen molar-refractivity contribution in [3.8, 4) is 0 Å². The summed E-state index contributed by atoms with van der Waals surface area (Å²) >= 11 is 0. The Kier molecular flexibility index (Phi) is 5.15. The molecule has 1 aromatic carbocycles. The van der Waals surface area contributed by atoms with Crippen molar-refractivity contribution in [1.82, 2.24) is 14.5 Å². The number of piperazine rings is 1. The van der Waals surface area contributed by atoms with E-state index in [1.54, 1.807) is 6.07 Å². The molecule has 0 unspecified atom stereocenters. The van der Waals surface area contributed by atoms with Gasteiger partial charge in [-0.3, -0.25) is 9.69 Å². The molecule has 0 aromatic heterocycles. The smallest absolute Gasteiger partial charge is 0.324 e. The van der Waals surface area contributed by atoms with Crippen LogP contribution in [-0.4, -0.2) is 74.9 Å². The third-order valence-corrected chi connectivity index (χ3v) is 8.07. The number of sulfonamides is 1. The molecule has 4 rings (SSSR count). The number of benzene rings is 1. The van der Waals surface area contributed by atoms with Gasteiger partial charge in [-0.25, -0.2) is 13.2 Å². The largest absolute Gasteiger partial charge is 0.336 e. The van der Waals surface area contributed by atoms with E-state index >= 15 is 0 Å². The second-order valence-corrected chi connectivity index (χ2v) is 9.73. The second kappa shape index (κ2) is 7.46.